The molecule has 0 radical (unpaired) electrons. The first kappa shape index (κ1) is 15.3. The van der Waals surface area contributed by atoms with E-state index in [1.54, 1.807) is 12.1 Å². The third kappa shape index (κ3) is 3.37. The van der Waals surface area contributed by atoms with Gasteiger partial charge in [0.25, 0.3) is 0 Å². The van der Waals surface area contributed by atoms with Crippen molar-refractivity contribution in [3.63, 3.8) is 0 Å². The lowest BCUT2D eigenvalue weighted by molar-refractivity contribution is 0.576. The van der Waals surface area contributed by atoms with Crippen molar-refractivity contribution in [3.8, 4) is 0 Å². The Kier molecular flexibility index (Phi) is 5.01. The van der Waals surface area contributed by atoms with Gasteiger partial charge in [0.1, 0.15) is 0 Å². The Labute approximate surface area is 115 Å². The summed E-state index contributed by atoms with van der Waals surface area (Å²) in [5.74, 6) is 0. The molecule has 1 aromatic rings. The van der Waals surface area contributed by atoms with Gasteiger partial charge in [0.05, 0.1) is 4.90 Å². The van der Waals surface area contributed by atoms with Crippen LogP contribution >= 0.6 is 12.4 Å². The quantitative estimate of drug-likeness (QED) is 0.907. The lowest BCUT2D eigenvalue weighted by Crippen LogP contribution is -2.30. The van der Waals surface area contributed by atoms with Crippen LogP contribution in [-0.4, -0.2) is 21.5 Å². The van der Waals surface area contributed by atoms with Gasteiger partial charge in [0.15, 0.2) is 0 Å². The molecule has 0 unspecified atom stereocenters. The first-order valence-electron chi connectivity index (χ1n) is 5.87. The molecular formula is C12H19ClN2O2S. The molecule has 0 bridgehead atoms. The second-order valence-electron chi connectivity index (χ2n) is 4.54. The maximum atomic E-state index is 11.3. The van der Waals surface area contributed by atoms with Gasteiger partial charge in [-0.1, -0.05) is 6.07 Å². The van der Waals surface area contributed by atoms with Crippen LogP contribution in [0.15, 0.2) is 23.1 Å². The molecule has 1 heterocycles. The number of hydrogen-bond donors (Lipinski definition) is 1. The molecule has 0 spiro atoms. The van der Waals surface area contributed by atoms with Crippen LogP contribution in [0.3, 0.4) is 0 Å². The van der Waals surface area contributed by atoms with E-state index in [9.17, 15) is 8.42 Å². The molecule has 1 saturated heterocycles. The van der Waals surface area contributed by atoms with Gasteiger partial charge in [-0.3, -0.25) is 0 Å². The normalized spacial score (nSPS) is 16.2. The number of benzene rings is 1. The van der Waals surface area contributed by atoms with Crippen molar-refractivity contribution in [2.24, 2.45) is 5.14 Å². The second-order valence-corrected chi connectivity index (χ2v) is 6.10. The summed E-state index contributed by atoms with van der Waals surface area (Å²) >= 11 is 0. The molecule has 4 nitrogen and oxygen atoms in total. The standard InChI is InChI=1S/C12H18N2O2S.ClH/c1-10-5-6-11(17(13,15)16)9-12(10)14-7-3-2-4-8-14;/h5-6,9H,2-4,7-8H2,1H3,(H2,13,15,16);1H. The zero-order valence-corrected chi connectivity index (χ0v) is 12.1. The van der Waals surface area contributed by atoms with Gasteiger partial charge in [0.2, 0.25) is 10.0 Å². The molecule has 0 aromatic heterocycles. The Bertz CT molecular complexity index is 511. The summed E-state index contributed by atoms with van der Waals surface area (Å²) in [6.07, 6.45) is 3.59. The van der Waals surface area contributed by atoms with Crippen molar-refractivity contribution in [1.29, 1.82) is 0 Å². The number of piperidine rings is 1. The minimum atomic E-state index is -3.61. The Morgan fingerprint density at radius 2 is 1.78 bits per heavy atom. The van der Waals surface area contributed by atoms with E-state index >= 15 is 0 Å². The highest BCUT2D eigenvalue weighted by Crippen LogP contribution is 2.26. The maximum Gasteiger partial charge on any atom is 0.238 e. The molecule has 0 atom stereocenters. The number of primary sulfonamides is 1. The molecule has 102 valence electrons. The predicted molar refractivity (Wildman–Crippen MR) is 75.9 cm³/mol. The van der Waals surface area contributed by atoms with E-state index in [0.717, 1.165) is 24.3 Å². The molecule has 0 aliphatic carbocycles. The number of aryl methyl sites for hydroxylation is 1. The molecule has 0 saturated carbocycles. The molecule has 0 amide bonds. The molecule has 2 N–H and O–H groups in total. The van der Waals surface area contributed by atoms with Crippen molar-refractivity contribution < 1.29 is 8.42 Å². The summed E-state index contributed by atoms with van der Waals surface area (Å²) in [5.41, 5.74) is 2.09. The number of rotatable bonds is 2. The lowest BCUT2D eigenvalue weighted by atomic mass is 10.1. The number of nitrogens with two attached hydrogens (primary N) is 1. The van der Waals surface area contributed by atoms with Crippen molar-refractivity contribution >= 4 is 28.1 Å². The van der Waals surface area contributed by atoms with E-state index in [2.05, 4.69) is 4.90 Å². The molecule has 1 aliphatic heterocycles. The average molecular weight is 291 g/mol. The van der Waals surface area contributed by atoms with E-state index < -0.39 is 10.0 Å². The number of halogens is 1. The summed E-state index contributed by atoms with van der Waals surface area (Å²) in [5, 5.41) is 5.16. The van der Waals surface area contributed by atoms with Gasteiger partial charge in [0, 0.05) is 18.8 Å². The maximum absolute atomic E-state index is 11.3. The third-order valence-corrected chi connectivity index (χ3v) is 4.12. The van der Waals surface area contributed by atoms with Gasteiger partial charge < -0.3 is 4.90 Å². The Morgan fingerprint density at radius 1 is 1.17 bits per heavy atom. The molecule has 6 heteroatoms. The highest BCUT2D eigenvalue weighted by atomic mass is 35.5. The van der Waals surface area contributed by atoms with Crippen molar-refractivity contribution in [3.05, 3.63) is 23.8 Å². The van der Waals surface area contributed by atoms with Crippen LogP contribution < -0.4 is 10.0 Å². The first-order valence-corrected chi connectivity index (χ1v) is 7.41. The van der Waals surface area contributed by atoms with Crippen LogP contribution in [-0.2, 0) is 10.0 Å². The average Bonchev–Trinajstić information content (AvgIpc) is 2.29. The monoisotopic (exact) mass is 290 g/mol. The molecule has 1 aromatic carbocycles. The van der Waals surface area contributed by atoms with Crippen LogP contribution in [0.4, 0.5) is 5.69 Å². The topological polar surface area (TPSA) is 63.4 Å². The van der Waals surface area contributed by atoms with Gasteiger partial charge in [-0.25, -0.2) is 13.6 Å². The smallest absolute Gasteiger partial charge is 0.238 e. The van der Waals surface area contributed by atoms with E-state index in [4.69, 9.17) is 5.14 Å². The van der Waals surface area contributed by atoms with Crippen molar-refractivity contribution in [2.75, 3.05) is 18.0 Å². The summed E-state index contributed by atoms with van der Waals surface area (Å²) in [4.78, 5) is 2.44. The highest BCUT2D eigenvalue weighted by molar-refractivity contribution is 7.89. The minimum Gasteiger partial charge on any atom is -0.371 e. The predicted octanol–water partition coefficient (Wildman–Crippen LogP) is 2.05. The van der Waals surface area contributed by atoms with Gasteiger partial charge in [-0.15, -0.1) is 12.4 Å². The first-order chi connectivity index (χ1) is 7.98. The molecule has 1 fully saturated rings. The van der Waals surface area contributed by atoms with Crippen LogP contribution in [0, 0.1) is 6.92 Å². The summed E-state index contributed by atoms with van der Waals surface area (Å²) in [6, 6.07) is 5.08. The van der Waals surface area contributed by atoms with Gasteiger partial charge in [-0.2, -0.15) is 0 Å². The zero-order chi connectivity index (χ0) is 12.5. The fraction of sp³-hybridized carbons (Fsp3) is 0.500. The Morgan fingerprint density at radius 3 is 2.33 bits per heavy atom. The number of sulfonamides is 1. The molecule has 18 heavy (non-hydrogen) atoms. The van der Waals surface area contributed by atoms with Crippen molar-refractivity contribution in [1.82, 2.24) is 0 Å². The summed E-state index contributed by atoms with van der Waals surface area (Å²) in [7, 11) is -3.61. The molecule has 2 rings (SSSR count). The minimum absolute atomic E-state index is 0. The summed E-state index contributed by atoms with van der Waals surface area (Å²) < 4.78 is 22.7. The van der Waals surface area contributed by atoms with Crippen LogP contribution in [0.2, 0.25) is 0 Å². The number of anilines is 1. The van der Waals surface area contributed by atoms with E-state index in [-0.39, 0.29) is 17.3 Å². The fourth-order valence-corrected chi connectivity index (χ4v) is 2.78. The fourth-order valence-electron chi connectivity index (χ4n) is 2.24. The van der Waals surface area contributed by atoms with Crippen LogP contribution in [0.5, 0.6) is 0 Å². The largest absolute Gasteiger partial charge is 0.371 e. The number of nitrogens with zero attached hydrogens (tertiary/aromatic N) is 1. The third-order valence-electron chi connectivity index (χ3n) is 3.21. The Balaban J connectivity index is 0.00000162. The molecule has 1 aliphatic rings. The lowest BCUT2D eigenvalue weighted by Gasteiger charge is -2.30. The van der Waals surface area contributed by atoms with E-state index in [1.165, 1.54) is 19.3 Å². The van der Waals surface area contributed by atoms with Gasteiger partial charge in [-0.05, 0) is 43.9 Å². The summed E-state index contributed by atoms with van der Waals surface area (Å²) in [6.45, 7) is 3.99. The van der Waals surface area contributed by atoms with E-state index in [1.807, 2.05) is 13.0 Å². The zero-order valence-electron chi connectivity index (χ0n) is 10.4. The van der Waals surface area contributed by atoms with E-state index in [0.29, 0.717) is 0 Å². The molecular weight excluding hydrogens is 272 g/mol. The Hall–Kier alpha value is -0.780. The number of hydrogen-bond acceptors (Lipinski definition) is 3. The van der Waals surface area contributed by atoms with Gasteiger partial charge >= 0.3 is 0 Å². The SMILES string of the molecule is Cc1ccc(S(N)(=O)=O)cc1N1CCCCC1.Cl. The van der Waals surface area contributed by atoms with Crippen LogP contribution in [0.1, 0.15) is 24.8 Å². The highest BCUT2D eigenvalue weighted by Gasteiger charge is 2.16. The van der Waals surface area contributed by atoms with Crippen molar-refractivity contribution in [2.45, 2.75) is 31.1 Å². The van der Waals surface area contributed by atoms with Crippen LogP contribution in [0.25, 0.3) is 0 Å². The second kappa shape index (κ2) is 5.91.